The second-order valence-electron chi connectivity index (χ2n) is 6.23. The number of carbonyl (C=O) groups is 1. The van der Waals surface area contributed by atoms with E-state index in [4.69, 9.17) is 0 Å². The van der Waals surface area contributed by atoms with E-state index in [9.17, 15) is 31.1 Å². The number of nitrogens with one attached hydrogen (secondary N) is 1. The highest BCUT2D eigenvalue weighted by atomic mass is 19.4. The standard InChI is InChI=1S/C17H18F6N4O/c1-10-9-27(6-5-24-16(26-25-10)17(21,22)23)15(28)4-2-3-11-7-13(19)14(20)8-12(11)18/h7-8H,2-6,9H2,1H3,(H,24,26)/b25-10+. The van der Waals surface area contributed by atoms with Crippen LogP contribution in [0.25, 0.3) is 0 Å². The molecule has 0 atom stereocenters. The molecule has 1 heterocycles. The van der Waals surface area contributed by atoms with Gasteiger partial charge in [0.1, 0.15) is 5.82 Å². The van der Waals surface area contributed by atoms with E-state index in [1.165, 1.54) is 11.8 Å². The summed E-state index contributed by atoms with van der Waals surface area (Å²) in [5.41, 5.74) is 0.157. The van der Waals surface area contributed by atoms with E-state index in [0.717, 1.165) is 6.07 Å². The van der Waals surface area contributed by atoms with Crippen LogP contribution in [0.2, 0.25) is 0 Å². The Morgan fingerprint density at radius 2 is 1.82 bits per heavy atom. The zero-order valence-corrected chi connectivity index (χ0v) is 14.9. The number of aryl methyl sites for hydroxylation is 1. The summed E-state index contributed by atoms with van der Waals surface area (Å²) in [6.07, 6.45) is -4.56. The van der Waals surface area contributed by atoms with Crippen LogP contribution < -0.4 is 5.32 Å². The number of amides is 1. The SMILES string of the molecule is C/C1=N\N=C(\C(F)(F)F)NCCN(C(=O)CCCc2cc(F)c(F)cc2F)C1. The van der Waals surface area contributed by atoms with Gasteiger partial charge in [0.15, 0.2) is 11.6 Å². The van der Waals surface area contributed by atoms with E-state index < -0.39 is 29.5 Å². The highest BCUT2D eigenvalue weighted by Crippen LogP contribution is 2.17. The molecule has 1 aliphatic rings. The fraction of sp³-hybridized carbons (Fsp3) is 0.471. The van der Waals surface area contributed by atoms with Gasteiger partial charge in [0.25, 0.3) is 0 Å². The van der Waals surface area contributed by atoms with Gasteiger partial charge in [0.05, 0.1) is 12.3 Å². The van der Waals surface area contributed by atoms with Gasteiger partial charge >= 0.3 is 6.18 Å². The second-order valence-corrected chi connectivity index (χ2v) is 6.23. The zero-order chi connectivity index (χ0) is 20.9. The van der Waals surface area contributed by atoms with Crippen LogP contribution in [0.1, 0.15) is 25.3 Å². The smallest absolute Gasteiger partial charge is 0.363 e. The molecular weight excluding hydrogens is 390 g/mol. The second kappa shape index (κ2) is 9.07. The summed E-state index contributed by atoms with van der Waals surface area (Å²) in [7, 11) is 0. The van der Waals surface area contributed by atoms with E-state index in [-0.39, 0.29) is 56.1 Å². The molecule has 0 aliphatic carbocycles. The van der Waals surface area contributed by atoms with Gasteiger partial charge in [-0.05, 0) is 31.4 Å². The van der Waals surface area contributed by atoms with Crippen molar-refractivity contribution in [1.29, 1.82) is 0 Å². The Bertz CT molecular complexity index is 791. The number of rotatable bonds is 4. The number of alkyl halides is 3. The van der Waals surface area contributed by atoms with E-state index >= 15 is 0 Å². The number of hydrogen-bond acceptors (Lipinski definition) is 4. The molecule has 0 spiro atoms. The van der Waals surface area contributed by atoms with Gasteiger partial charge in [-0.15, -0.1) is 5.10 Å². The van der Waals surface area contributed by atoms with Crippen molar-refractivity contribution in [1.82, 2.24) is 10.2 Å². The normalized spacial score (nSPS) is 19.5. The largest absolute Gasteiger partial charge is 0.451 e. The molecule has 0 unspecified atom stereocenters. The molecule has 1 aromatic carbocycles. The van der Waals surface area contributed by atoms with Gasteiger partial charge in [0.2, 0.25) is 11.7 Å². The molecule has 0 aromatic heterocycles. The van der Waals surface area contributed by atoms with Crippen molar-refractivity contribution in [3.63, 3.8) is 0 Å². The number of amidine groups is 1. The highest BCUT2D eigenvalue weighted by Gasteiger charge is 2.36. The Labute approximate surface area is 157 Å². The summed E-state index contributed by atoms with van der Waals surface area (Å²) in [5, 5.41) is 8.73. The molecule has 28 heavy (non-hydrogen) atoms. The molecule has 154 valence electrons. The number of benzene rings is 1. The molecule has 11 heteroatoms. The molecule has 0 bridgehead atoms. The fourth-order valence-electron chi connectivity index (χ4n) is 2.58. The van der Waals surface area contributed by atoms with E-state index in [0.29, 0.717) is 6.07 Å². The molecule has 1 amide bonds. The van der Waals surface area contributed by atoms with E-state index in [1.807, 2.05) is 0 Å². The summed E-state index contributed by atoms with van der Waals surface area (Å²) < 4.78 is 78.0. The third-order valence-electron chi connectivity index (χ3n) is 3.96. The quantitative estimate of drug-likeness (QED) is 0.615. The number of halogens is 6. The minimum Gasteiger partial charge on any atom is -0.363 e. The molecule has 0 fully saturated rings. The molecule has 2 rings (SSSR count). The lowest BCUT2D eigenvalue weighted by atomic mass is 10.1. The van der Waals surface area contributed by atoms with E-state index in [2.05, 4.69) is 15.5 Å². The summed E-state index contributed by atoms with van der Waals surface area (Å²) in [4.78, 5) is 13.7. The summed E-state index contributed by atoms with van der Waals surface area (Å²) in [6, 6.07) is 1.18. The van der Waals surface area contributed by atoms with Crippen LogP contribution in [0.5, 0.6) is 0 Å². The van der Waals surface area contributed by atoms with Crippen LogP contribution in [0.3, 0.4) is 0 Å². The average molecular weight is 408 g/mol. The molecule has 0 saturated carbocycles. The van der Waals surface area contributed by atoms with Gasteiger partial charge in [-0.25, -0.2) is 13.2 Å². The van der Waals surface area contributed by atoms with Gasteiger partial charge < -0.3 is 10.2 Å². The maximum absolute atomic E-state index is 13.6. The highest BCUT2D eigenvalue weighted by molar-refractivity contribution is 5.91. The molecule has 1 aliphatic heterocycles. The first-order valence-electron chi connectivity index (χ1n) is 8.41. The van der Waals surface area contributed by atoms with Crippen molar-refractivity contribution in [2.45, 2.75) is 32.4 Å². The lowest BCUT2D eigenvalue weighted by Crippen LogP contribution is -2.43. The van der Waals surface area contributed by atoms with E-state index in [1.54, 1.807) is 0 Å². The van der Waals surface area contributed by atoms with Crippen LogP contribution in [0.15, 0.2) is 22.3 Å². The minimum atomic E-state index is -4.68. The van der Waals surface area contributed by atoms with Gasteiger partial charge in [-0.3, -0.25) is 4.79 Å². The number of hydrogen-bond donors (Lipinski definition) is 1. The van der Waals surface area contributed by atoms with Crippen LogP contribution >= 0.6 is 0 Å². The minimum absolute atomic E-state index is 0.00527. The van der Waals surface area contributed by atoms with Crippen LogP contribution in [0.4, 0.5) is 26.3 Å². The fourth-order valence-corrected chi connectivity index (χ4v) is 2.58. The Balaban J connectivity index is 1.93. The first-order chi connectivity index (χ1) is 13.1. The Hall–Kier alpha value is -2.59. The van der Waals surface area contributed by atoms with Crippen molar-refractivity contribution < 1.29 is 31.1 Å². The van der Waals surface area contributed by atoms with Crippen molar-refractivity contribution in [2.24, 2.45) is 10.2 Å². The predicted octanol–water partition coefficient (Wildman–Crippen LogP) is 3.20. The van der Waals surface area contributed by atoms with Crippen LogP contribution in [-0.4, -0.2) is 48.2 Å². The molecule has 5 nitrogen and oxygen atoms in total. The Morgan fingerprint density at radius 3 is 2.50 bits per heavy atom. The maximum atomic E-state index is 13.6. The third kappa shape index (κ3) is 5.96. The van der Waals surface area contributed by atoms with Crippen LogP contribution in [0, 0.1) is 17.5 Å². The topological polar surface area (TPSA) is 57.1 Å². The maximum Gasteiger partial charge on any atom is 0.451 e. The Kier molecular flexibility index (Phi) is 7.03. The van der Waals surface area contributed by atoms with Crippen LogP contribution in [-0.2, 0) is 11.2 Å². The number of nitrogens with zero attached hydrogens (tertiary/aromatic N) is 3. The monoisotopic (exact) mass is 408 g/mol. The molecule has 0 radical (unpaired) electrons. The summed E-state index contributed by atoms with van der Waals surface area (Å²) >= 11 is 0. The first-order valence-corrected chi connectivity index (χ1v) is 8.41. The summed E-state index contributed by atoms with van der Waals surface area (Å²) in [6.45, 7) is 1.25. The zero-order valence-electron chi connectivity index (χ0n) is 14.9. The average Bonchev–Trinajstić information content (AvgIpc) is 2.69. The molecular formula is C17H18F6N4O. The van der Waals surface area contributed by atoms with Gasteiger partial charge in [-0.1, -0.05) is 0 Å². The summed E-state index contributed by atoms with van der Waals surface area (Å²) in [5.74, 6) is -5.00. The molecule has 0 saturated heterocycles. The van der Waals surface area contributed by atoms with Crippen molar-refractivity contribution in [2.75, 3.05) is 19.6 Å². The van der Waals surface area contributed by atoms with Crippen molar-refractivity contribution in [3.05, 3.63) is 35.1 Å². The van der Waals surface area contributed by atoms with Crippen molar-refractivity contribution in [3.8, 4) is 0 Å². The van der Waals surface area contributed by atoms with Gasteiger partial charge in [0, 0.05) is 25.6 Å². The lowest BCUT2D eigenvalue weighted by molar-refractivity contribution is -0.130. The lowest BCUT2D eigenvalue weighted by Gasteiger charge is -2.22. The molecule has 1 aromatic rings. The Morgan fingerprint density at radius 1 is 1.14 bits per heavy atom. The predicted molar refractivity (Wildman–Crippen MR) is 90.4 cm³/mol. The molecule has 1 N–H and O–H groups in total. The van der Waals surface area contributed by atoms with Gasteiger partial charge in [-0.2, -0.15) is 18.3 Å². The number of carbonyl (C=O) groups excluding carboxylic acids is 1. The third-order valence-corrected chi connectivity index (χ3v) is 3.96. The van der Waals surface area contributed by atoms with Crippen molar-refractivity contribution >= 4 is 17.5 Å². The first kappa shape index (κ1) is 21.7.